The Labute approximate surface area is 98.3 Å². The third-order valence-corrected chi connectivity index (χ3v) is 3.00. The lowest BCUT2D eigenvalue weighted by Crippen LogP contribution is -2.21. The molecule has 90 valence electrons. The molecule has 0 bridgehead atoms. The van der Waals surface area contributed by atoms with E-state index >= 15 is 0 Å². The smallest absolute Gasteiger partial charge is 0.0869 e. The molecule has 0 aromatic heterocycles. The van der Waals surface area contributed by atoms with Gasteiger partial charge in [0.2, 0.25) is 0 Å². The van der Waals surface area contributed by atoms with Crippen molar-refractivity contribution in [3.8, 4) is 0 Å². The first kappa shape index (κ1) is 13.2. The highest BCUT2D eigenvalue weighted by molar-refractivity contribution is 5.26. The Hall–Kier alpha value is -0.860. The average Bonchev–Trinajstić information content (AvgIpc) is 2.29. The molecular formula is C14H22O2. The van der Waals surface area contributed by atoms with E-state index in [4.69, 9.17) is 4.74 Å². The maximum Gasteiger partial charge on any atom is 0.0869 e. The number of aliphatic hydroxyl groups is 1. The maximum absolute atomic E-state index is 10.3. The van der Waals surface area contributed by atoms with Gasteiger partial charge in [-0.2, -0.15) is 0 Å². The fourth-order valence-electron chi connectivity index (χ4n) is 1.80. The van der Waals surface area contributed by atoms with Gasteiger partial charge >= 0.3 is 0 Å². The second-order valence-electron chi connectivity index (χ2n) is 4.42. The van der Waals surface area contributed by atoms with Gasteiger partial charge in [0.15, 0.2) is 0 Å². The van der Waals surface area contributed by atoms with Crippen LogP contribution in [-0.2, 0) is 16.8 Å². The summed E-state index contributed by atoms with van der Waals surface area (Å²) in [4.78, 5) is 0. The Morgan fingerprint density at radius 2 is 1.88 bits per heavy atom. The van der Waals surface area contributed by atoms with E-state index in [1.807, 2.05) is 19.1 Å². The molecule has 1 rings (SSSR count). The Morgan fingerprint density at radius 1 is 1.25 bits per heavy atom. The molecule has 0 aliphatic rings. The molecular weight excluding hydrogens is 200 g/mol. The third kappa shape index (κ3) is 3.62. The van der Waals surface area contributed by atoms with E-state index in [0.717, 1.165) is 24.8 Å². The van der Waals surface area contributed by atoms with Crippen LogP contribution in [0, 0.1) is 0 Å². The van der Waals surface area contributed by atoms with Crippen LogP contribution in [0.2, 0.25) is 0 Å². The van der Waals surface area contributed by atoms with Gasteiger partial charge in [0.25, 0.3) is 0 Å². The van der Waals surface area contributed by atoms with Crippen molar-refractivity contribution in [1.29, 1.82) is 0 Å². The molecule has 2 nitrogen and oxygen atoms in total. The number of benzene rings is 1. The highest BCUT2D eigenvalue weighted by Gasteiger charge is 2.21. The number of rotatable bonds is 6. The van der Waals surface area contributed by atoms with E-state index in [0.29, 0.717) is 6.61 Å². The molecule has 1 unspecified atom stereocenters. The molecule has 0 aliphatic carbocycles. The SMILES string of the molecule is CCc1ccc(C(C)(O)CCCOC)cc1. The zero-order valence-corrected chi connectivity index (χ0v) is 10.5. The number of methoxy groups -OCH3 is 1. The van der Waals surface area contributed by atoms with Crippen LogP contribution in [0.4, 0.5) is 0 Å². The lowest BCUT2D eigenvalue weighted by Gasteiger charge is -2.24. The summed E-state index contributed by atoms with van der Waals surface area (Å²) >= 11 is 0. The van der Waals surface area contributed by atoms with Crippen molar-refractivity contribution in [1.82, 2.24) is 0 Å². The van der Waals surface area contributed by atoms with Crippen molar-refractivity contribution in [2.75, 3.05) is 13.7 Å². The monoisotopic (exact) mass is 222 g/mol. The summed E-state index contributed by atoms with van der Waals surface area (Å²) in [7, 11) is 1.69. The van der Waals surface area contributed by atoms with Gasteiger partial charge in [-0.05, 0) is 37.3 Å². The van der Waals surface area contributed by atoms with Crippen LogP contribution in [0.25, 0.3) is 0 Å². The lowest BCUT2D eigenvalue weighted by atomic mass is 9.90. The molecule has 0 spiro atoms. The second kappa shape index (κ2) is 6.02. The van der Waals surface area contributed by atoms with Gasteiger partial charge in [0, 0.05) is 13.7 Å². The van der Waals surface area contributed by atoms with Gasteiger partial charge in [0.1, 0.15) is 0 Å². The Kier molecular flexibility index (Phi) is 4.97. The molecule has 1 N–H and O–H groups in total. The first-order valence-corrected chi connectivity index (χ1v) is 5.91. The Balaban J connectivity index is 2.65. The first-order chi connectivity index (χ1) is 7.60. The molecule has 0 saturated carbocycles. The summed E-state index contributed by atoms with van der Waals surface area (Å²) < 4.78 is 5.00. The quantitative estimate of drug-likeness (QED) is 0.750. The van der Waals surface area contributed by atoms with Crippen LogP contribution in [0.3, 0.4) is 0 Å². The molecule has 1 aromatic carbocycles. The topological polar surface area (TPSA) is 29.5 Å². The summed E-state index contributed by atoms with van der Waals surface area (Å²) in [5.41, 5.74) is 1.54. The second-order valence-corrected chi connectivity index (χ2v) is 4.42. The van der Waals surface area contributed by atoms with Crippen LogP contribution in [-0.4, -0.2) is 18.8 Å². The van der Waals surface area contributed by atoms with Crippen LogP contribution < -0.4 is 0 Å². The van der Waals surface area contributed by atoms with Gasteiger partial charge in [0.05, 0.1) is 5.60 Å². The molecule has 2 heteroatoms. The molecule has 16 heavy (non-hydrogen) atoms. The van der Waals surface area contributed by atoms with Crippen LogP contribution >= 0.6 is 0 Å². The Morgan fingerprint density at radius 3 is 2.38 bits per heavy atom. The molecule has 0 aliphatic heterocycles. The average molecular weight is 222 g/mol. The van der Waals surface area contributed by atoms with E-state index < -0.39 is 5.60 Å². The predicted molar refractivity (Wildman–Crippen MR) is 66.5 cm³/mol. The summed E-state index contributed by atoms with van der Waals surface area (Å²) in [5, 5.41) is 10.3. The molecule has 1 atom stereocenters. The van der Waals surface area contributed by atoms with E-state index in [9.17, 15) is 5.11 Å². The number of ether oxygens (including phenoxy) is 1. The summed E-state index contributed by atoms with van der Waals surface area (Å²) in [5.74, 6) is 0. The van der Waals surface area contributed by atoms with Gasteiger partial charge in [-0.3, -0.25) is 0 Å². The van der Waals surface area contributed by atoms with Crippen molar-refractivity contribution >= 4 is 0 Å². The zero-order chi connectivity index (χ0) is 12.0. The van der Waals surface area contributed by atoms with Gasteiger partial charge in [-0.15, -0.1) is 0 Å². The van der Waals surface area contributed by atoms with Crippen LogP contribution in [0.5, 0.6) is 0 Å². The minimum Gasteiger partial charge on any atom is -0.385 e. The Bertz CT molecular complexity index is 301. The summed E-state index contributed by atoms with van der Waals surface area (Å²) in [6.45, 7) is 4.69. The molecule has 1 aromatic rings. The fourth-order valence-corrected chi connectivity index (χ4v) is 1.80. The van der Waals surface area contributed by atoms with Gasteiger partial charge in [-0.1, -0.05) is 31.2 Å². The molecule has 0 saturated heterocycles. The highest BCUT2D eigenvalue weighted by Crippen LogP contribution is 2.26. The standard InChI is InChI=1S/C14H22O2/c1-4-12-6-8-13(9-7-12)14(2,15)10-5-11-16-3/h6-9,15H,4-5,10-11H2,1-3H3. The highest BCUT2D eigenvalue weighted by atomic mass is 16.5. The van der Waals surface area contributed by atoms with Gasteiger partial charge in [-0.25, -0.2) is 0 Å². The van der Waals surface area contributed by atoms with Crippen LogP contribution in [0.1, 0.15) is 37.8 Å². The number of hydrogen-bond donors (Lipinski definition) is 1. The summed E-state index contributed by atoms with van der Waals surface area (Å²) in [6, 6.07) is 8.21. The van der Waals surface area contributed by atoms with E-state index in [1.54, 1.807) is 7.11 Å². The van der Waals surface area contributed by atoms with Crippen molar-refractivity contribution in [3.05, 3.63) is 35.4 Å². The predicted octanol–water partition coefficient (Wildman–Crippen LogP) is 2.88. The number of aryl methyl sites for hydroxylation is 1. The minimum atomic E-state index is -0.745. The largest absolute Gasteiger partial charge is 0.385 e. The maximum atomic E-state index is 10.3. The van der Waals surface area contributed by atoms with Crippen molar-refractivity contribution in [2.45, 2.75) is 38.7 Å². The molecule has 0 radical (unpaired) electrons. The first-order valence-electron chi connectivity index (χ1n) is 5.91. The van der Waals surface area contributed by atoms with E-state index in [-0.39, 0.29) is 0 Å². The minimum absolute atomic E-state index is 0.698. The van der Waals surface area contributed by atoms with E-state index in [2.05, 4.69) is 19.1 Å². The van der Waals surface area contributed by atoms with Crippen molar-refractivity contribution in [3.63, 3.8) is 0 Å². The molecule has 0 heterocycles. The van der Waals surface area contributed by atoms with E-state index in [1.165, 1.54) is 5.56 Å². The number of hydrogen-bond acceptors (Lipinski definition) is 2. The van der Waals surface area contributed by atoms with Gasteiger partial charge < -0.3 is 9.84 Å². The fraction of sp³-hybridized carbons (Fsp3) is 0.571. The van der Waals surface area contributed by atoms with Crippen molar-refractivity contribution in [2.24, 2.45) is 0 Å². The molecule has 0 fully saturated rings. The summed E-state index contributed by atoms with van der Waals surface area (Å²) in [6.07, 6.45) is 2.64. The normalized spacial score (nSPS) is 14.8. The third-order valence-electron chi connectivity index (χ3n) is 3.00. The van der Waals surface area contributed by atoms with Crippen molar-refractivity contribution < 1.29 is 9.84 Å². The zero-order valence-electron chi connectivity index (χ0n) is 10.5. The molecule has 0 amide bonds. The lowest BCUT2D eigenvalue weighted by molar-refractivity contribution is 0.0372. The van der Waals surface area contributed by atoms with Crippen LogP contribution in [0.15, 0.2) is 24.3 Å².